The fourth-order valence-corrected chi connectivity index (χ4v) is 3.24. The standard InChI is InChI=1S/C13H22N4O2/c1-9-6-15-11(7-14-9)13(19)16-4-5-17-10(8-16)2-3-12(17)18/h9-11,14-15H,2-8H2,1H3. The van der Waals surface area contributed by atoms with Crippen LogP contribution < -0.4 is 10.6 Å². The molecule has 3 fully saturated rings. The van der Waals surface area contributed by atoms with E-state index in [9.17, 15) is 9.59 Å². The van der Waals surface area contributed by atoms with E-state index >= 15 is 0 Å². The van der Waals surface area contributed by atoms with Crippen LogP contribution in [-0.4, -0.2) is 72.5 Å². The second-order valence-corrected chi connectivity index (χ2v) is 5.83. The highest BCUT2D eigenvalue weighted by Crippen LogP contribution is 2.23. The van der Waals surface area contributed by atoms with Crippen LogP contribution in [0.15, 0.2) is 0 Å². The summed E-state index contributed by atoms with van der Waals surface area (Å²) in [7, 11) is 0. The van der Waals surface area contributed by atoms with Crippen LogP contribution in [0.2, 0.25) is 0 Å². The molecule has 0 bridgehead atoms. The van der Waals surface area contributed by atoms with Gasteiger partial charge in [-0.1, -0.05) is 0 Å². The number of carbonyl (C=O) groups excluding carboxylic acids is 2. The van der Waals surface area contributed by atoms with Gasteiger partial charge in [0.15, 0.2) is 0 Å². The number of fused-ring (bicyclic) bond motifs is 1. The lowest BCUT2D eigenvalue weighted by Gasteiger charge is -2.40. The summed E-state index contributed by atoms with van der Waals surface area (Å²) in [5.41, 5.74) is 0. The van der Waals surface area contributed by atoms with Crippen LogP contribution in [0, 0.1) is 0 Å². The summed E-state index contributed by atoms with van der Waals surface area (Å²) in [6.07, 6.45) is 1.55. The van der Waals surface area contributed by atoms with Gasteiger partial charge >= 0.3 is 0 Å². The molecule has 0 aromatic rings. The Kier molecular flexibility index (Phi) is 3.45. The van der Waals surface area contributed by atoms with Crippen molar-refractivity contribution in [3.8, 4) is 0 Å². The van der Waals surface area contributed by atoms with Crippen LogP contribution in [0.25, 0.3) is 0 Å². The smallest absolute Gasteiger partial charge is 0.241 e. The number of nitrogens with one attached hydrogen (secondary N) is 2. The zero-order valence-corrected chi connectivity index (χ0v) is 11.4. The Labute approximate surface area is 113 Å². The highest BCUT2D eigenvalue weighted by Gasteiger charge is 2.38. The summed E-state index contributed by atoms with van der Waals surface area (Å²) in [4.78, 5) is 27.9. The Morgan fingerprint density at radius 3 is 2.84 bits per heavy atom. The van der Waals surface area contributed by atoms with E-state index in [-0.39, 0.29) is 23.9 Å². The van der Waals surface area contributed by atoms with Crippen LogP contribution in [0.4, 0.5) is 0 Å². The molecule has 3 aliphatic rings. The molecule has 106 valence electrons. The van der Waals surface area contributed by atoms with Gasteiger partial charge in [0.05, 0.1) is 6.04 Å². The van der Waals surface area contributed by atoms with Crippen molar-refractivity contribution in [2.24, 2.45) is 0 Å². The van der Waals surface area contributed by atoms with Crippen LogP contribution in [0.3, 0.4) is 0 Å². The summed E-state index contributed by atoms with van der Waals surface area (Å²) in [6.45, 7) is 5.72. The molecule has 3 unspecified atom stereocenters. The van der Waals surface area contributed by atoms with Gasteiger partial charge in [-0.05, 0) is 13.3 Å². The second kappa shape index (κ2) is 5.09. The summed E-state index contributed by atoms with van der Waals surface area (Å²) >= 11 is 0. The normalized spacial score (nSPS) is 35.4. The molecule has 0 aliphatic carbocycles. The highest BCUT2D eigenvalue weighted by atomic mass is 16.2. The molecule has 6 nitrogen and oxygen atoms in total. The van der Waals surface area contributed by atoms with Crippen molar-refractivity contribution in [3.05, 3.63) is 0 Å². The van der Waals surface area contributed by atoms with Gasteiger partial charge in [-0.2, -0.15) is 0 Å². The van der Waals surface area contributed by atoms with Crippen LogP contribution >= 0.6 is 0 Å². The van der Waals surface area contributed by atoms with Crippen molar-refractivity contribution >= 4 is 11.8 Å². The molecule has 3 aliphatic heterocycles. The molecule has 6 heteroatoms. The van der Waals surface area contributed by atoms with E-state index in [1.54, 1.807) is 0 Å². The fraction of sp³-hybridized carbons (Fsp3) is 0.846. The first kappa shape index (κ1) is 12.9. The lowest BCUT2D eigenvalue weighted by Crippen LogP contribution is -2.62. The Bertz CT molecular complexity index is 379. The molecular formula is C13H22N4O2. The molecule has 3 rings (SSSR count). The summed E-state index contributed by atoms with van der Waals surface area (Å²) in [5.74, 6) is 0.432. The molecule has 2 amide bonds. The molecular weight excluding hydrogens is 244 g/mol. The highest BCUT2D eigenvalue weighted by molar-refractivity contribution is 5.83. The first-order valence-electron chi connectivity index (χ1n) is 7.20. The van der Waals surface area contributed by atoms with Gasteiger partial charge in [0.25, 0.3) is 0 Å². The Balaban J connectivity index is 1.58. The lowest BCUT2D eigenvalue weighted by molar-refractivity contribution is -0.140. The van der Waals surface area contributed by atoms with Crippen LogP contribution in [0.1, 0.15) is 19.8 Å². The van der Waals surface area contributed by atoms with Crippen molar-refractivity contribution in [1.82, 2.24) is 20.4 Å². The van der Waals surface area contributed by atoms with E-state index < -0.39 is 0 Å². The van der Waals surface area contributed by atoms with Gasteiger partial charge in [0, 0.05) is 51.2 Å². The minimum Gasteiger partial charge on any atom is -0.337 e. The average Bonchev–Trinajstić information content (AvgIpc) is 2.80. The van der Waals surface area contributed by atoms with Crippen molar-refractivity contribution in [2.45, 2.75) is 37.9 Å². The predicted octanol–water partition coefficient (Wildman–Crippen LogP) is -1.23. The molecule has 0 saturated carbocycles. The van der Waals surface area contributed by atoms with E-state index in [4.69, 9.17) is 0 Å². The molecule has 0 spiro atoms. The van der Waals surface area contributed by atoms with Gasteiger partial charge in [-0.15, -0.1) is 0 Å². The number of hydrogen-bond acceptors (Lipinski definition) is 4. The van der Waals surface area contributed by atoms with Gasteiger partial charge < -0.3 is 20.4 Å². The van der Waals surface area contributed by atoms with E-state index in [1.165, 1.54) is 0 Å². The van der Waals surface area contributed by atoms with Crippen LogP contribution in [-0.2, 0) is 9.59 Å². The molecule has 3 atom stereocenters. The van der Waals surface area contributed by atoms with E-state index in [1.807, 2.05) is 9.80 Å². The number of rotatable bonds is 1. The van der Waals surface area contributed by atoms with E-state index in [0.29, 0.717) is 38.6 Å². The number of piperazine rings is 2. The molecule has 0 aromatic carbocycles. The van der Waals surface area contributed by atoms with E-state index in [2.05, 4.69) is 17.6 Å². The first-order chi connectivity index (χ1) is 9.15. The Hall–Kier alpha value is -1.14. The minimum atomic E-state index is -0.111. The summed E-state index contributed by atoms with van der Waals surface area (Å²) < 4.78 is 0. The van der Waals surface area contributed by atoms with Gasteiger partial charge in [-0.3, -0.25) is 9.59 Å². The third kappa shape index (κ3) is 2.47. The monoisotopic (exact) mass is 266 g/mol. The second-order valence-electron chi connectivity index (χ2n) is 5.83. The number of nitrogens with zero attached hydrogens (tertiary/aromatic N) is 2. The quantitative estimate of drug-likeness (QED) is 0.624. The summed E-state index contributed by atoms with van der Waals surface area (Å²) in [6, 6.07) is 0.564. The average molecular weight is 266 g/mol. The molecule has 0 radical (unpaired) electrons. The molecule has 3 heterocycles. The summed E-state index contributed by atoms with van der Waals surface area (Å²) in [5, 5.41) is 6.63. The molecule has 2 N–H and O–H groups in total. The van der Waals surface area contributed by atoms with Crippen molar-refractivity contribution in [2.75, 3.05) is 32.7 Å². The number of amides is 2. The molecule has 19 heavy (non-hydrogen) atoms. The van der Waals surface area contributed by atoms with Crippen LogP contribution in [0.5, 0.6) is 0 Å². The Morgan fingerprint density at radius 2 is 2.11 bits per heavy atom. The first-order valence-corrected chi connectivity index (χ1v) is 7.20. The molecule has 3 saturated heterocycles. The number of carbonyl (C=O) groups is 2. The minimum absolute atomic E-state index is 0.111. The van der Waals surface area contributed by atoms with Crippen molar-refractivity contribution in [1.29, 1.82) is 0 Å². The van der Waals surface area contributed by atoms with Crippen molar-refractivity contribution < 1.29 is 9.59 Å². The molecule has 0 aromatic heterocycles. The van der Waals surface area contributed by atoms with Crippen molar-refractivity contribution in [3.63, 3.8) is 0 Å². The number of hydrogen-bond donors (Lipinski definition) is 2. The van der Waals surface area contributed by atoms with E-state index in [0.717, 1.165) is 13.0 Å². The Morgan fingerprint density at radius 1 is 1.26 bits per heavy atom. The fourth-order valence-electron chi connectivity index (χ4n) is 3.24. The third-order valence-corrected chi connectivity index (χ3v) is 4.45. The SMILES string of the molecule is CC1CNC(C(=O)N2CCN3C(=O)CCC3C2)CN1. The maximum atomic E-state index is 12.4. The predicted molar refractivity (Wildman–Crippen MR) is 70.6 cm³/mol. The van der Waals surface area contributed by atoms with Gasteiger partial charge in [0.1, 0.15) is 0 Å². The zero-order valence-electron chi connectivity index (χ0n) is 11.4. The topological polar surface area (TPSA) is 64.7 Å². The lowest BCUT2D eigenvalue weighted by atomic mass is 10.1. The maximum Gasteiger partial charge on any atom is 0.241 e. The zero-order chi connectivity index (χ0) is 13.4. The van der Waals surface area contributed by atoms with Gasteiger partial charge in [-0.25, -0.2) is 0 Å². The van der Waals surface area contributed by atoms with Gasteiger partial charge in [0.2, 0.25) is 11.8 Å². The maximum absolute atomic E-state index is 12.4. The largest absolute Gasteiger partial charge is 0.337 e. The third-order valence-electron chi connectivity index (χ3n) is 4.45.